The Morgan fingerprint density at radius 2 is 1.70 bits per heavy atom. The Balaban J connectivity index is 2.01. The zero-order valence-corrected chi connectivity index (χ0v) is 12.3. The first-order valence-electron chi connectivity index (χ1n) is 6.28. The van der Waals surface area contributed by atoms with Crippen molar-refractivity contribution in [1.29, 1.82) is 0 Å². The number of hydrogen-bond donors (Lipinski definition) is 1. The molecule has 100 valence electrons. The van der Waals surface area contributed by atoms with E-state index in [4.69, 9.17) is 17.3 Å². The zero-order chi connectivity index (χ0) is 13.9. The summed E-state index contributed by atoms with van der Waals surface area (Å²) in [5.74, 6) is 0. The quantitative estimate of drug-likeness (QED) is 0.765. The second-order valence-corrected chi connectivity index (χ2v) is 5.98. The van der Waals surface area contributed by atoms with Crippen molar-refractivity contribution >= 4 is 28.1 Å². The number of hydrogen-bond acceptors (Lipinski definition) is 3. The average molecular weight is 301 g/mol. The van der Waals surface area contributed by atoms with Crippen LogP contribution in [-0.4, -0.2) is 4.98 Å². The highest BCUT2D eigenvalue weighted by atomic mass is 35.5. The minimum atomic E-state index is 0.589. The summed E-state index contributed by atoms with van der Waals surface area (Å²) in [5, 5.41) is 1.37. The van der Waals surface area contributed by atoms with Gasteiger partial charge in [0.25, 0.3) is 0 Å². The summed E-state index contributed by atoms with van der Waals surface area (Å²) in [6.07, 6.45) is 0.749. The maximum atomic E-state index is 6.23. The molecular formula is C16H13ClN2S. The van der Waals surface area contributed by atoms with E-state index >= 15 is 0 Å². The highest BCUT2D eigenvalue weighted by Crippen LogP contribution is 2.32. The summed E-state index contributed by atoms with van der Waals surface area (Å²) in [6.45, 7) is 0. The molecule has 0 unspecified atom stereocenters. The van der Waals surface area contributed by atoms with E-state index in [0.29, 0.717) is 5.13 Å². The molecule has 0 radical (unpaired) electrons. The molecule has 1 heterocycles. The minimum Gasteiger partial charge on any atom is -0.375 e. The number of aromatic nitrogens is 1. The molecule has 4 heteroatoms. The number of nitrogens with zero attached hydrogens (tertiary/aromatic N) is 1. The van der Waals surface area contributed by atoms with Crippen LogP contribution in [0.3, 0.4) is 0 Å². The van der Waals surface area contributed by atoms with E-state index in [2.05, 4.69) is 4.98 Å². The number of anilines is 1. The Morgan fingerprint density at radius 3 is 2.45 bits per heavy atom. The second-order valence-electron chi connectivity index (χ2n) is 4.46. The van der Waals surface area contributed by atoms with Crippen molar-refractivity contribution < 1.29 is 0 Å². The summed E-state index contributed by atoms with van der Waals surface area (Å²) in [5.41, 5.74) is 9.01. The molecular weight excluding hydrogens is 288 g/mol. The molecule has 0 atom stereocenters. The molecule has 0 aliphatic heterocycles. The highest BCUT2D eigenvalue weighted by Gasteiger charge is 2.13. The SMILES string of the molecule is Nc1nc(-c2ccccc2)c(Cc2ccccc2Cl)s1. The normalized spacial score (nSPS) is 10.7. The van der Waals surface area contributed by atoms with Gasteiger partial charge in [-0.3, -0.25) is 0 Å². The molecule has 3 rings (SSSR count). The Morgan fingerprint density at radius 1 is 1.00 bits per heavy atom. The van der Waals surface area contributed by atoms with Gasteiger partial charge in [-0.2, -0.15) is 0 Å². The Bertz CT molecular complexity index is 722. The summed E-state index contributed by atoms with van der Waals surface area (Å²) in [6, 6.07) is 18.0. The van der Waals surface area contributed by atoms with E-state index in [9.17, 15) is 0 Å². The van der Waals surface area contributed by atoms with Crippen LogP contribution in [0.4, 0.5) is 5.13 Å². The fourth-order valence-corrected chi connectivity index (χ4v) is 3.21. The van der Waals surface area contributed by atoms with Gasteiger partial charge < -0.3 is 5.73 Å². The average Bonchev–Trinajstić information content (AvgIpc) is 2.83. The number of halogens is 1. The van der Waals surface area contributed by atoms with Crippen molar-refractivity contribution in [3.63, 3.8) is 0 Å². The fourth-order valence-electron chi connectivity index (χ4n) is 2.13. The molecule has 0 fully saturated rings. The third kappa shape index (κ3) is 2.69. The van der Waals surface area contributed by atoms with Crippen molar-refractivity contribution in [2.75, 3.05) is 5.73 Å². The van der Waals surface area contributed by atoms with Crippen LogP contribution in [-0.2, 0) is 6.42 Å². The number of rotatable bonds is 3. The van der Waals surface area contributed by atoms with Crippen LogP contribution in [0, 0.1) is 0 Å². The van der Waals surface area contributed by atoms with Crippen LogP contribution < -0.4 is 5.73 Å². The lowest BCUT2D eigenvalue weighted by atomic mass is 10.1. The van der Waals surface area contributed by atoms with Crippen molar-refractivity contribution in [2.24, 2.45) is 0 Å². The zero-order valence-electron chi connectivity index (χ0n) is 10.7. The van der Waals surface area contributed by atoms with Crippen LogP contribution in [0.1, 0.15) is 10.4 Å². The molecule has 0 saturated carbocycles. The summed E-state index contributed by atoms with van der Waals surface area (Å²) in [4.78, 5) is 5.60. The summed E-state index contributed by atoms with van der Waals surface area (Å²) < 4.78 is 0. The summed E-state index contributed by atoms with van der Waals surface area (Å²) >= 11 is 7.75. The van der Waals surface area contributed by atoms with Gasteiger partial charge in [0.2, 0.25) is 0 Å². The molecule has 0 saturated heterocycles. The first-order chi connectivity index (χ1) is 9.74. The highest BCUT2D eigenvalue weighted by molar-refractivity contribution is 7.15. The van der Waals surface area contributed by atoms with Crippen LogP contribution >= 0.6 is 22.9 Å². The molecule has 1 aromatic heterocycles. The van der Waals surface area contributed by atoms with E-state index < -0.39 is 0 Å². The predicted molar refractivity (Wildman–Crippen MR) is 86.2 cm³/mol. The van der Waals surface area contributed by atoms with Gasteiger partial charge in [-0.25, -0.2) is 4.98 Å². The van der Waals surface area contributed by atoms with Crippen LogP contribution in [0.15, 0.2) is 54.6 Å². The predicted octanol–water partition coefficient (Wildman–Crippen LogP) is 4.64. The molecule has 3 aromatic rings. The van der Waals surface area contributed by atoms with Crippen molar-refractivity contribution in [1.82, 2.24) is 4.98 Å². The van der Waals surface area contributed by atoms with Gasteiger partial charge in [0, 0.05) is 21.9 Å². The van der Waals surface area contributed by atoms with E-state index in [-0.39, 0.29) is 0 Å². The smallest absolute Gasteiger partial charge is 0.180 e. The lowest BCUT2D eigenvalue weighted by Crippen LogP contribution is -1.90. The van der Waals surface area contributed by atoms with Crippen molar-refractivity contribution in [3.05, 3.63) is 70.1 Å². The van der Waals surface area contributed by atoms with Gasteiger partial charge in [0.1, 0.15) is 0 Å². The van der Waals surface area contributed by atoms with Crippen LogP contribution in [0.2, 0.25) is 5.02 Å². The third-order valence-electron chi connectivity index (χ3n) is 3.07. The van der Waals surface area contributed by atoms with Gasteiger partial charge >= 0.3 is 0 Å². The molecule has 0 aliphatic rings. The molecule has 0 bridgehead atoms. The fraction of sp³-hybridized carbons (Fsp3) is 0.0625. The van der Waals surface area contributed by atoms with E-state index in [0.717, 1.165) is 33.1 Å². The minimum absolute atomic E-state index is 0.589. The molecule has 20 heavy (non-hydrogen) atoms. The first-order valence-corrected chi connectivity index (χ1v) is 7.47. The van der Waals surface area contributed by atoms with E-state index in [1.54, 1.807) is 0 Å². The van der Waals surface area contributed by atoms with Gasteiger partial charge in [-0.1, -0.05) is 60.1 Å². The van der Waals surface area contributed by atoms with Gasteiger partial charge in [0.15, 0.2) is 5.13 Å². The largest absolute Gasteiger partial charge is 0.375 e. The Hall–Kier alpha value is -1.84. The molecule has 0 spiro atoms. The third-order valence-corrected chi connectivity index (χ3v) is 4.32. The van der Waals surface area contributed by atoms with Crippen LogP contribution in [0.5, 0.6) is 0 Å². The lowest BCUT2D eigenvalue weighted by Gasteiger charge is -2.04. The molecule has 0 aliphatic carbocycles. The maximum Gasteiger partial charge on any atom is 0.180 e. The standard InChI is InChI=1S/C16H13ClN2S/c17-13-9-5-4-8-12(13)10-14-15(19-16(18)20-14)11-6-2-1-3-7-11/h1-9H,10H2,(H2,18,19). The van der Waals surface area contributed by atoms with E-state index in [1.807, 2.05) is 54.6 Å². The van der Waals surface area contributed by atoms with Gasteiger partial charge in [-0.05, 0) is 11.6 Å². The lowest BCUT2D eigenvalue weighted by molar-refractivity contribution is 1.22. The Kier molecular flexibility index (Phi) is 3.72. The second kappa shape index (κ2) is 5.65. The van der Waals surface area contributed by atoms with E-state index in [1.165, 1.54) is 11.3 Å². The monoisotopic (exact) mass is 300 g/mol. The number of nitrogens with two attached hydrogens (primary N) is 1. The first kappa shape index (κ1) is 13.2. The van der Waals surface area contributed by atoms with Crippen molar-refractivity contribution in [3.8, 4) is 11.3 Å². The van der Waals surface area contributed by atoms with Crippen LogP contribution in [0.25, 0.3) is 11.3 Å². The summed E-state index contributed by atoms with van der Waals surface area (Å²) in [7, 11) is 0. The number of nitrogen functional groups attached to an aromatic ring is 1. The van der Waals surface area contributed by atoms with Gasteiger partial charge in [-0.15, -0.1) is 11.3 Å². The molecule has 2 N–H and O–H groups in total. The van der Waals surface area contributed by atoms with Gasteiger partial charge in [0.05, 0.1) is 5.69 Å². The molecule has 2 aromatic carbocycles. The van der Waals surface area contributed by atoms with Crippen molar-refractivity contribution in [2.45, 2.75) is 6.42 Å². The topological polar surface area (TPSA) is 38.9 Å². The maximum absolute atomic E-state index is 6.23. The Labute approximate surface area is 126 Å². The molecule has 2 nitrogen and oxygen atoms in total. The number of thiazole rings is 1. The number of benzene rings is 2. The molecule has 0 amide bonds.